The summed E-state index contributed by atoms with van der Waals surface area (Å²) >= 11 is 0. The van der Waals surface area contributed by atoms with Crippen molar-refractivity contribution in [3.63, 3.8) is 0 Å². The predicted molar refractivity (Wildman–Crippen MR) is 124 cm³/mol. The van der Waals surface area contributed by atoms with E-state index in [4.69, 9.17) is 0 Å². The molecule has 0 fully saturated rings. The smallest absolute Gasteiger partial charge is 0.0232 e. The van der Waals surface area contributed by atoms with Crippen LogP contribution in [0.25, 0.3) is 0 Å². The van der Waals surface area contributed by atoms with Crippen molar-refractivity contribution in [2.45, 2.75) is 73.3 Å². The van der Waals surface area contributed by atoms with Gasteiger partial charge in [-0.15, -0.1) is 0 Å². The SMILES string of the molecule is C=C(CCS(=C)(=C)CCN(CC)CC)NC(C)CC(C)CCC(C)C. The summed E-state index contributed by atoms with van der Waals surface area (Å²) in [5.41, 5.74) is 1.16. The quantitative estimate of drug-likeness (QED) is 0.391. The maximum absolute atomic E-state index is 4.43. The summed E-state index contributed by atoms with van der Waals surface area (Å²) in [5.74, 6) is 12.6. The Morgan fingerprint density at radius 3 is 2.12 bits per heavy atom. The minimum absolute atomic E-state index is 0.504. The van der Waals surface area contributed by atoms with Gasteiger partial charge in [-0.1, -0.05) is 65.8 Å². The van der Waals surface area contributed by atoms with Gasteiger partial charge in [0.2, 0.25) is 0 Å². The van der Waals surface area contributed by atoms with Crippen molar-refractivity contribution in [2.75, 3.05) is 31.1 Å². The maximum Gasteiger partial charge on any atom is 0.0232 e. The number of allylic oxidation sites excluding steroid dienone is 1. The van der Waals surface area contributed by atoms with E-state index in [-0.39, 0.29) is 0 Å². The van der Waals surface area contributed by atoms with Gasteiger partial charge in [0.25, 0.3) is 0 Å². The van der Waals surface area contributed by atoms with Crippen LogP contribution in [0.15, 0.2) is 12.3 Å². The minimum Gasteiger partial charge on any atom is -0.386 e. The summed E-state index contributed by atoms with van der Waals surface area (Å²) in [6.45, 7) is 21.3. The van der Waals surface area contributed by atoms with E-state index in [2.05, 4.69) is 70.1 Å². The van der Waals surface area contributed by atoms with Gasteiger partial charge in [-0.3, -0.25) is 0 Å². The number of hydrogen-bond acceptors (Lipinski definition) is 2. The predicted octanol–water partition coefficient (Wildman–Crippen LogP) is 5.34. The molecule has 150 valence electrons. The summed E-state index contributed by atoms with van der Waals surface area (Å²) in [6, 6.07) is 0.504. The number of rotatable bonds is 15. The number of nitrogens with zero attached hydrogens (tertiary/aromatic N) is 1. The lowest BCUT2D eigenvalue weighted by molar-refractivity contribution is 0.323. The average Bonchev–Trinajstić information content (AvgIpc) is 2.52. The molecule has 0 aliphatic carbocycles. The minimum atomic E-state index is -1.01. The molecule has 0 aliphatic heterocycles. The Morgan fingerprint density at radius 1 is 1.00 bits per heavy atom. The second-order valence-electron chi connectivity index (χ2n) is 8.37. The maximum atomic E-state index is 4.43. The molecule has 2 nitrogen and oxygen atoms in total. The van der Waals surface area contributed by atoms with Gasteiger partial charge >= 0.3 is 0 Å². The molecule has 0 bridgehead atoms. The van der Waals surface area contributed by atoms with Crippen LogP contribution in [-0.2, 0) is 0 Å². The van der Waals surface area contributed by atoms with Gasteiger partial charge in [0.05, 0.1) is 0 Å². The van der Waals surface area contributed by atoms with Crippen LogP contribution in [0, 0.1) is 11.8 Å². The van der Waals surface area contributed by atoms with E-state index in [9.17, 15) is 0 Å². The highest BCUT2D eigenvalue weighted by atomic mass is 32.2. The highest BCUT2D eigenvalue weighted by molar-refractivity contribution is 8.27. The zero-order valence-corrected chi connectivity index (χ0v) is 18.9. The molecule has 2 atom stereocenters. The third-order valence-corrected chi connectivity index (χ3v) is 7.13. The highest BCUT2D eigenvalue weighted by Gasteiger charge is 2.11. The molecule has 0 aromatic carbocycles. The fourth-order valence-electron chi connectivity index (χ4n) is 3.12. The average molecular weight is 371 g/mol. The Kier molecular flexibility index (Phi) is 12.7. The van der Waals surface area contributed by atoms with Gasteiger partial charge in [0.15, 0.2) is 0 Å². The second kappa shape index (κ2) is 12.9. The van der Waals surface area contributed by atoms with Crippen LogP contribution in [-0.4, -0.2) is 53.8 Å². The normalized spacial score (nSPS) is 14.7. The lowest BCUT2D eigenvalue weighted by Gasteiger charge is -2.24. The van der Waals surface area contributed by atoms with E-state index in [0.717, 1.165) is 55.1 Å². The van der Waals surface area contributed by atoms with Crippen molar-refractivity contribution in [2.24, 2.45) is 11.8 Å². The monoisotopic (exact) mass is 370 g/mol. The standard InChI is InChI=1S/C22H46N2S/c1-10-24(11-2)15-17-25(8,9)16-14-21(6)23-22(7)18-20(5)13-12-19(3)4/h19-20,22-23H,6,8-18H2,1-5,7H3. The van der Waals surface area contributed by atoms with Crippen LogP contribution < -0.4 is 5.32 Å². The fourth-order valence-corrected chi connectivity index (χ4v) is 4.65. The molecule has 3 heteroatoms. The van der Waals surface area contributed by atoms with Crippen LogP contribution in [0.5, 0.6) is 0 Å². The van der Waals surface area contributed by atoms with Gasteiger partial charge in [-0.25, -0.2) is 9.21 Å². The molecular weight excluding hydrogens is 324 g/mol. The van der Waals surface area contributed by atoms with Crippen LogP contribution in [0.3, 0.4) is 0 Å². The van der Waals surface area contributed by atoms with Crippen LogP contribution in [0.1, 0.15) is 67.2 Å². The molecular formula is C22H46N2S. The first-order chi connectivity index (χ1) is 11.6. The number of nitrogens with one attached hydrogen (secondary N) is 1. The first-order valence-electron chi connectivity index (χ1n) is 10.2. The summed E-state index contributed by atoms with van der Waals surface area (Å²) in [4.78, 5) is 2.46. The summed E-state index contributed by atoms with van der Waals surface area (Å²) in [7, 11) is -1.01. The Hall–Kier alpha value is -0.410. The van der Waals surface area contributed by atoms with E-state index in [1.807, 2.05) is 0 Å². The van der Waals surface area contributed by atoms with Gasteiger partial charge in [-0.05, 0) is 56.2 Å². The zero-order valence-electron chi connectivity index (χ0n) is 18.1. The molecule has 0 saturated heterocycles. The van der Waals surface area contributed by atoms with E-state index in [1.54, 1.807) is 0 Å². The highest BCUT2D eigenvalue weighted by Crippen LogP contribution is 2.22. The molecule has 0 aromatic rings. The molecule has 1 N–H and O–H groups in total. The molecule has 0 rings (SSSR count). The molecule has 0 amide bonds. The Morgan fingerprint density at radius 2 is 1.60 bits per heavy atom. The number of hydrogen-bond donors (Lipinski definition) is 1. The fraction of sp³-hybridized carbons (Fsp3) is 0.818. The van der Waals surface area contributed by atoms with Crippen molar-refractivity contribution in [1.29, 1.82) is 0 Å². The summed E-state index contributed by atoms with van der Waals surface area (Å²) < 4.78 is 0. The van der Waals surface area contributed by atoms with Crippen LogP contribution in [0.4, 0.5) is 0 Å². The van der Waals surface area contributed by atoms with Gasteiger partial charge < -0.3 is 10.2 Å². The lowest BCUT2D eigenvalue weighted by atomic mass is 9.94. The molecule has 0 aliphatic rings. The van der Waals surface area contributed by atoms with Crippen LogP contribution >= 0.6 is 9.21 Å². The third kappa shape index (κ3) is 13.5. The lowest BCUT2D eigenvalue weighted by Crippen LogP contribution is -2.28. The molecule has 0 saturated carbocycles. The van der Waals surface area contributed by atoms with Gasteiger partial charge in [-0.2, -0.15) is 0 Å². The molecule has 0 heterocycles. The first kappa shape index (κ1) is 24.6. The Balaban J connectivity index is 4.12. The Labute approximate surface area is 159 Å². The third-order valence-electron chi connectivity index (χ3n) is 5.02. The summed E-state index contributed by atoms with van der Waals surface area (Å²) in [5, 5.41) is 3.61. The van der Waals surface area contributed by atoms with E-state index in [1.165, 1.54) is 19.3 Å². The topological polar surface area (TPSA) is 15.3 Å². The van der Waals surface area contributed by atoms with Gasteiger partial charge in [0.1, 0.15) is 0 Å². The molecule has 0 radical (unpaired) electrons. The van der Waals surface area contributed by atoms with E-state index >= 15 is 0 Å². The van der Waals surface area contributed by atoms with Crippen molar-refractivity contribution in [3.05, 3.63) is 12.3 Å². The largest absolute Gasteiger partial charge is 0.386 e. The van der Waals surface area contributed by atoms with Crippen LogP contribution in [0.2, 0.25) is 0 Å². The van der Waals surface area contributed by atoms with Crippen molar-refractivity contribution >= 4 is 20.9 Å². The van der Waals surface area contributed by atoms with Gasteiger partial charge in [0, 0.05) is 18.3 Å². The zero-order chi connectivity index (χ0) is 19.5. The first-order valence-corrected chi connectivity index (χ1v) is 12.5. The van der Waals surface area contributed by atoms with Crippen molar-refractivity contribution in [3.8, 4) is 0 Å². The van der Waals surface area contributed by atoms with E-state index in [0.29, 0.717) is 6.04 Å². The Bertz CT molecular complexity index is 447. The summed E-state index contributed by atoms with van der Waals surface area (Å²) in [6.07, 6.45) is 4.88. The van der Waals surface area contributed by atoms with Crippen molar-refractivity contribution in [1.82, 2.24) is 10.2 Å². The van der Waals surface area contributed by atoms with Crippen molar-refractivity contribution < 1.29 is 0 Å². The molecule has 0 spiro atoms. The molecule has 25 heavy (non-hydrogen) atoms. The second-order valence-corrected chi connectivity index (χ2v) is 11.6. The molecule has 0 aromatic heterocycles. The van der Waals surface area contributed by atoms with E-state index < -0.39 is 9.21 Å². The molecule has 2 unspecified atom stereocenters.